The molecular weight excluding hydrogens is 406 g/mol. The van der Waals surface area contributed by atoms with E-state index in [9.17, 15) is 24.0 Å². The Morgan fingerprint density at radius 1 is 1.10 bits per heavy atom. The summed E-state index contributed by atoms with van der Waals surface area (Å²) < 4.78 is 5.24. The van der Waals surface area contributed by atoms with Gasteiger partial charge in [0.05, 0.1) is 0 Å². The van der Waals surface area contributed by atoms with E-state index in [0.29, 0.717) is 5.06 Å². The number of nitrogens with zero attached hydrogens (tertiary/aromatic N) is 2. The molecule has 168 valence electrons. The van der Waals surface area contributed by atoms with Crippen LogP contribution in [0.4, 0.5) is 4.79 Å². The van der Waals surface area contributed by atoms with Crippen LogP contribution >= 0.6 is 0 Å². The number of benzene rings is 1. The van der Waals surface area contributed by atoms with Crippen molar-refractivity contribution in [3.63, 3.8) is 0 Å². The minimum atomic E-state index is -1.01. The van der Waals surface area contributed by atoms with Gasteiger partial charge in [0.25, 0.3) is 11.8 Å². The number of carbonyl (C=O) groups is 5. The van der Waals surface area contributed by atoms with Crippen molar-refractivity contribution in [3.05, 3.63) is 35.9 Å². The Hall–Kier alpha value is -3.43. The minimum absolute atomic E-state index is 0.0279. The Morgan fingerprint density at radius 2 is 1.68 bits per heavy atom. The third kappa shape index (κ3) is 7.40. The van der Waals surface area contributed by atoms with Crippen LogP contribution in [0, 0.1) is 0 Å². The molecule has 31 heavy (non-hydrogen) atoms. The minimum Gasteiger partial charge on any atom is -0.444 e. The highest BCUT2D eigenvalue weighted by Gasteiger charge is 2.34. The molecule has 0 bridgehead atoms. The van der Waals surface area contributed by atoms with Crippen LogP contribution in [0.3, 0.4) is 0 Å². The summed E-state index contributed by atoms with van der Waals surface area (Å²) in [5, 5.41) is 2.96. The van der Waals surface area contributed by atoms with E-state index < -0.39 is 48.0 Å². The zero-order valence-electron chi connectivity index (χ0n) is 18.0. The van der Waals surface area contributed by atoms with Crippen LogP contribution in [-0.4, -0.2) is 65.0 Å². The molecule has 0 saturated carbocycles. The fraction of sp³-hybridized carbons (Fsp3) is 0.476. The summed E-state index contributed by atoms with van der Waals surface area (Å²) in [6, 6.07) is 8.02. The van der Waals surface area contributed by atoms with E-state index in [1.165, 1.54) is 7.05 Å². The quantitative estimate of drug-likeness (QED) is 0.641. The number of hydrogen-bond donors (Lipinski definition) is 1. The number of hydroxylamine groups is 2. The predicted octanol–water partition coefficient (Wildman–Crippen LogP) is 1.19. The van der Waals surface area contributed by atoms with E-state index >= 15 is 0 Å². The van der Waals surface area contributed by atoms with Gasteiger partial charge in [-0.15, -0.1) is 5.06 Å². The van der Waals surface area contributed by atoms with Crippen LogP contribution in [0.5, 0.6) is 0 Å². The lowest BCUT2D eigenvalue weighted by Crippen LogP contribution is -2.51. The Kier molecular flexibility index (Phi) is 7.73. The number of amides is 4. The summed E-state index contributed by atoms with van der Waals surface area (Å²) in [6.07, 6.45) is -0.660. The Balaban J connectivity index is 2.05. The van der Waals surface area contributed by atoms with Crippen LogP contribution in [-0.2, 0) is 35.2 Å². The molecule has 0 aliphatic carbocycles. The molecule has 1 aromatic carbocycles. The van der Waals surface area contributed by atoms with E-state index in [2.05, 4.69) is 5.32 Å². The Labute approximate surface area is 180 Å². The summed E-state index contributed by atoms with van der Waals surface area (Å²) in [5.74, 6) is -2.73. The predicted molar refractivity (Wildman–Crippen MR) is 108 cm³/mol. The zero-order valence-corrected chi connectivity index (χ0v) is 18.0. The van der Waals surface area contributed by atoms with Crippen molar-refractivity contribution in [3.8, 4) is 0 Å². The highest BCUT2D eigenvalue weighted by molar-refractivity contribution is 6.01. The molecule has 1 aromatic rings. The van der Waals surface area contributed by atoms with E-state index in [1.807, 2.05) is 6.07 Å². The summed E-state index contributed by atoms with van der Waals surface area (Å²) in [5.41, 5.74) is 0.0377. The highest BCUT2D eigenvalue weighted by atomic mass is 16.7. The number of nitrogens with one attached hydrogen (secondary N) is 1. The molecule has 0 spiro atoms. The molecule has 1 N–H and O–H groups in total. The highest BCUT2D eigenvalue weighted by Crippen LogP contribution is 2.13. The Bertz CT molecular complexity index is 832. The molecule has 10 nitrogen and oxygen atoms in total. The first-order valence-electron chi connectivity index (χ1n) is 9.81. The molecule has 4 amide bonds. The third-order valence-corrected chi connectivity index (χ3v) is 4.21. The maximum Gasteiger partial charge on any atom is 0.408 e. The van der Waals surface area contributed by atoms with Crippen LogP contribution in [0.1, 0.15) is 39.2 Å². The second kappa shape index (κ2) is 10.1. The van der Waals surface area contributed by atoms with E-state index in [4.69, 9.17) is 9.57 Å². The van der Waals surface area contributed by atoms with Crippen LogP contribution < -0.4 is 5.32 Å². The molecule has 1 unspecified atom stereocenters. The van der Waals surface area contributed by atoms with Gasteiger partial charge in [0.15, 0.2) is 0 Å². The molecule has 1 heterocycles. The normalized spacial score (nSPS) is 14.8. The summed E-state index contributed by atoms with van der Waals surface area (Å²) in [6.45, 7) is 4.58. The van der Waals surface area contributed by atoms with Crippen molar-refractivity contribution in [1.29, 1.82) is 0 Å². The van der Waals surface area contributed by atoms with Crippen molar-refractivity contribution in [2.45, 2.75) is 51.7 Å². The number of alkyl carbamates (subject to hydrolysis) is 1. The monoisotopic (exact) mass is 433 g/mol. The molecule has 1 fully saturated rings. The molecular formula is C21H27N3O7. The van der Waals surface area contributed by atoms with Crippen molar-refractivity contribution >= 4 is 29.8 Å². The summed E-state index contributed by atoms with van der Waals surface area (Å²) in [4.78, 5) is 66.3. The summed E-state index contributed by atoms with van der Waals surface area (Å²) >= 11 is 0. The van der Waals surface area contributed by atoms with Crippen molar-refractivity contribution < 1.29 is 33.5 Å². The number of likely N-dealkylation sites (N-methyl/N-ethyl adjacent to an activating group) is 1. The number of carbonyl (C=O) groups excluding carboxylic acids is 5. The zero-order chi connectivity index (χ0) is 23.2. The second-order valence-corrected chi connectivity index (χ2v) is 8.13. The van der Waals surface area contributed by atoms with E-state index in [1.54, 1.807) is 45.0 Å². The van der Waals surface area contributed by atoms with E-state index in [0.717, 1.165) is 10.5 Å². The topological polar surface area (TPSA) is 122 Å². The molecule has 1 saturated heterocycles. The van der Waals surface area contributed by atoms with Gasteiger partial charge in [-0.3, -0.25) is 14.4 Å². The van der Waals surface area contributed by atoms with Gasteiger partial charge in [0.1, 0.15) is 18.2 Å². The molecule has 10 heteroatoms. The van der Waals surface area contributed by atoms with Gasteiger partial charge in [-0.25, -0.2) is 9.59 Å². The van der Waals surface area contributed by atoms with Crippen LogP contribution in [0.25, 0.3) is 0 Å². The Morgan fingerprint density at radius 3 is 2.23 bits per heavy atom. The maximum absolute atomic E-state index is 13.0. The first kappa shape index (κ1) is 23.8. The number of ether oxygens (including phenoxy) is 1. The van der Waals surface area contributed by atoms with Crippen LogP contribution in [0.2, 0.25) is 0 Å². The molecule has 1 aliphatic rings. The van der Waals surface area contributed by atoms with Gasteiger partial charge in [0.2, 0.25) is 5.91 Å². The lowest BCUT2D eigenvalue weighted by molar-refractivity contribution is -0.198. The van der Waals surface area contributed by atoms with Crippen molar-refractivity contribution in [2.75, 3.05) is 13.6 Å². The van der Waals surface area contributed by atoms with E-state index in [-0.39, 0.29) is 19.3 Å². The first-order valence-corrected chi connectivity index (χ1v) is 9.81. The number of rotatable bonds is 7. The smallest absolute Gasteiger partial charge is 0.408 e. The fourth-order valence-electron chi connectivity index (χ4n) is 2.83. The first-order chi connectivity index (χ1) is 14.5. The summed E-state index contributed by atoms with van der Waals surface area (Å²) in [7, 11) is 1.35. The van der Waals surface area contributed by atoms with Gasteiger partial charge in [0, 0.05) is 26.3 Å². The lowest BCUT2D eigenvalue weighted by Gasteiger charge is -2.26. The SMILES string of the molecule is CN(CC(=O)ON1C(=O)CCC1=O)C(=O)C(Cc1ccccc1)NC(=O)OC(C)(C)C. The van der Waals surface area contributed by atoms with Gasteiger partial charge in [-0.05, 0) is 26.3 Å². The molecule has 1 atom stereocenters. The third-order valence-electron chi connectivity index (χ3n) is 4.21. The average molecular weight is 433 g/mol. The molecule has 1 aliphatic heterocycles. The van der Waals surface area contributed by atoms with Gasteiger partial charge < -0.3 is 19.8 Å². The van der Waals surface area contributed by atoms with Gasteiger partial charge >= 0.3 is 12.1 Å². The molecule has 0 radical (unpaired) electrons. The molecule has 0 aromatic heterocycles. The largest absolute Gasteiger partial charge is 0.444 e. The lowest BCUT2D eigenvalue weighted by atomic mass is 10.0. The fourth-order valence-corrected chi connectivity index (χ4v) is 2.83. The molecule has 2 rings (SSSR count). The standard InChI is InChI=1S/C21H27N3O7/c1-21(2,3)30-20(29)22-15(12-14-8-6-5-7-9-14)19(28)23(4)13-18(27)31-24-16(25)10-11-17(24)26/h5-9,15H,10-13H2,1-4H3,(H,22,29). The van der Waals surface area contributed by atoms with Crippen molar-refractivity contribution in [1.82, 2.24) is 15.3 Å². The average Bonchev–Trinajstić information content (AvgIpc) is 2.98. The van der Waals surface area contributed by atoms with Crippen LogP contribution in [0.15, 0.2) is 30.3 Å². The maximum atomic E-state index is 13.0. The number of hydrogen-bond acceptors (Lipinski definition) is 7. The van der Waals surface area contributed by atoms with Crippen molar-refractivity contribution in [2.24, 2.45) is 0 Å². The van der Waals surface area contributed by atoms with Gasteiger partial charge in [-0.2, -0.15) is 0 Å². The number of imide groups is 1. The van der Waals surface area contributed by atoms with Gasteiger partial charge in [-0.1, -0.05) is 30.3 Å². The second-order valence-electron chi connectivity index (χ2n) is 8.13.